The van der Waals surface area contributed by atoms with Gasteiger partial charge in [-0.3, -0.25) is 15.1 Å². The van der Waals surface area contributed by atoms with Crippen molar-refractivity contribution in [1.29, 1.82) is 0 Å². The molecule has 2 aromatic heterocycles. The van der Waals surface area contributed by atoms with E-state index in [1.807, 2.05) is 6.07 Å². The SMILES string of the molecule is CC(C)N1CCCC(Cc2nccnc2-c2ccn[nH]2)C1. The van der Waals surface area contributed by atoms with Gasteiger partial charge < -0.3 is 4.90 Å². The van der Waals surface area contributed by atoms with Gasteiger partial charge in [0.25, 0.3) is 0 Å². The monoisotopic (exact) mass is 285 g/mol. The van der Waals surface area contributed by atoms with E-state index in [1.54, 1.807) is 18.6 Å². The molecule has 1 aliphatic heterocycles. The number of nitrogens with zero attached hydrogens (tertiary/aromatic N) is 4. The summed E-state index contributed by atoms with van der Waals surface area (Å²) in [6.07, 6.45) is 8.85. The van der Waals surface area contributed by atoms with Crippen LogP contribution in [0.1, 0.15) is 32.4 Å². The van der Waals surface area contributed by atoms with Gasteiger partial charge in [-0.2, -0.15) is 5.10 Å². The van der Waals surface area contributed by atoms with Crippen LogP contribution in [0.4, 0.5) is 0 Å². The highest BCUT2D eigenvalue weighted by Gasteiger charge is 2.23. The van der Waals surface area contributed by atoms with Crippen molar-refractivity contribution < 1.29 is 0 Å². The number of piperidine rings is 1. The Morgan fingerprint density at radius 2 is 2.14 bits per heavy atom. The molecule has 0 saturated carbocycles. The van der Waals surface area contributed by atoms with Crippen LogP contribution in [0.2, 0.25) is 0 Å². The first-order chi connectivity index (χ1) is 10.2. The minimum absolute atomic E-state index is 0.627. The Balaban J connectivity index is 1.76. The fraction of sp³-hybridized carbons (Fsp3) is 0.562. The minimum atomic E-state index is 0.627. The Labute approximate surface area is 125 Å². The third kappa shape index (κ3) is 3.29. The number of hydrogen-bond acceptors (Lipinski definition) is 4. The van der Waals surface area contributed by atoms with Crippen LogP contribution in [0.15, 0.2) is 24.7 Å². The number of rotatable bonds is 4. The minimum Gasteiger partial charge on any atom is -0.301 e. The van der Waals surface area contributed by atoms with Gasteiger partial charge in [0.2, 0.25) is 0 Å². The van der Waals surface area contributed by atoms with Crippen LogP contribution >= 0.6 is 0 Å². The molecule has 1 N–H and O–H groups in total. The Kier molecular flexibility index (Phi) is 4.29. The molecule has 1 saturated heterocycles. The zero-order valence-electron chi connectivity index (χ0n) is 12.8. The van der Waals surface area contributed by atoms with Crippen molar-refractivity contribution in [3.8, 4) is 11.4 Å². The molecule has 0 aromatic carbocycles. The van der Waals surface area contributed by atoms with Gasteiger partial charge in [-0.15, -0.1) is 0 Å². The predicted molar refractivity (Wildman–Crippen MR) is 82.8 cm³/mol. The van der Waals surface area contributed by atoms with Crippen molar-refractivity contribution >= 4 is 0 Å². The second-order valence-electron chi connectivity index (χ2n) is 6.12. The quantitative estimate of drug-likeness (QED) is 0.938. The summed E-state index contributed by atoms with van der Waals surface area (Å²) in [5, 5.41) is 7.02. The Bertz CT molecular complexity index is 564. The molecular formula is C16H23N5. The van der Waals surface area contributed by atoms with E-state index >= 15 is 0 Å². The lowest BCUT2D eigenvalue weighted by Crippen LogP contribution is -2.40. The molecule has 1 unspecified atom stereocenters. The first-order valence-electron chi connectivity index (χ1n) is 7.77. The number of likely N-dealkylation sites (tertiary alicyclic amines) is 1. The van der Waals surface area contributed by atoms with Crippen LogP contribution in [0.5, 0.6) is 0 Å². The van der Waals surface area contributed by atoms with Gasteiger partial charge in [-0.1, -0.05) is 0 Å². The molecule has 0 spiro atoms. The molecule has 1 atom stereocenters. The fourth-order valence-electron chi connectivity index (χ4n) is 3.14. The van der Waals surface area contributed by atoms with Crippen LogP contribution in [-0.4, -0.2) is 44.2 Å². The first-order valence-corrected chi connectivity index (χ1v) is 7.77. The van der Waals surface area contributed by atoms with E-state index in [4.69, 9.17) is 0 Å². The third-order valence-electron chi connectivity index (χ3n) is 4.29. The Morgan fingerprint density at radius 3 is 2.90 bits per heavy atom. The number of H-pyrrole nitrogens is 1. The molecule has 3 heterocycles. The lowest BCUT2D eigenvalue weighted by molar-refractivity contribution is 0.139. The van der Waals surface area contributed by atoms with Gasteiger partial charge in [0, 0.05) is 31.2 Å². The van der Waals surface area contributed by atoms with Crippen molar-refractivity contribution in [2.24, 2.45) is 5.92 Å². The zero-order valence-corrected chi connectivity index (χ0v) is 12.8. The second kappa shape index (κ2) is 6.35. The third-order valence-corrected chi connectivity index (χ3v) is 4.29. The number of hydrogen-bond donors (Lipinski definition) is 1. The molecule has 3 rings (SSSR count). The first kappa shape index (κ1) is 14.2. The lowest BCUT2D eigenvalue weighted by atomic mass is 9.91. The zero-order chi connectivity index (χ0) is 14.7. The van der Waals surface area contributed by atoms with E-state index in [2.05, 4.69) is 38.9 Å². The molecule has 0 bridgehead atoms. The summed E-state index contributed by atoms with van der Waals surface area (Å²) in [5.41, 5.74) is 2.98. The number of aromatic amines is 1. The average molecular weight is 285 g/mol. The molecule has 0 aliphatic carbocycles. The van der Waals surface area contributed by atoms with E-state index in [9.17, 15) is 0 Å². The summed E-state index contributed by atoms with van der Waals surface area (Å²) in [5.74, 6) is 0.666. The van der Waals surface area contributed by atoms with E-state index in [-0.39, 0.29) is 0 Å². The molecule has 112 valence electrons. The predicted octanol–water partition coefficient (Wildman–Crippen LogP) is 2.53. The number of nitrogens with one attached hydrogen (secondary N) is 1. The van der Waals surface area contributed by atoms with Crippen LogP contribution in [0, 0.1) is 5.92 Å². The van der Waals surface area contributed by atoms with E-state index in [1.165, 1.54) is 19.4 Å². The van der Waals surface area contributed by atoms with Gasteiger partial charge >= 0.3 is 0 Å². The van der Waals surface area contributed by atoms with Crippen LogP contribution in [0.3, 0.4) is 0 Å². The van der Waals surface area contributed by atoms with E-state index < -0.39 is 0 Å². The molecule has 5 heteroatoms. The Hall–Kier alpha value is -1.75. The van der Waals surface area contributed by atoms with E-state index in [0.29, 0.717) is 12.0 Å². The maximum absolute atomic E-state index is 4.57. The van der Waals surface area contributed by atoms with Gasteiger partial charge in [0.1, 0.15) is 5.69 Å². The molecule has 2 aromatic rings. The molecule has 1 aliphatic rings. The highest BCUT2D eigenvalue weighted by Crippen LogP contribution is 2.25. The second-order valence-corrected chi connectivity index (χ2v) is 6.12. The van der Waals surface area contributed by atoms with Crippen LogP contribution in [0.25, 0.3) is 11.4 Å². The standard InChI is InChI=1S/C16H23N5/c1-12(2)21-9-3-4-13(11-21)10-15-16(18-8-7-17-15)14-5-6-19-20-14/h5-8,12-13H,3-4,9-11H2,1-2H3,(H,19,20). The smallest absolute Gasteiger partial charge is 0.110 e. The Morgan fingerprint density at radius 1 is 1.29 bits per heavy atom. The van der Waals surface area contributed by atoms with Crippen molar-refractivity contribution in [2.75, 3.05) is 13.1 Å². The van der Waals surface area contributed by atoms with Gasteiger partial charge in [0.05, 0.1) is 11.4 Å². The topological polar surface area (TPSA) is 57.7 Å². The highest BCUT2D eigenvalue weighted by molar-refractivity contribution is 5.55. The fourth-order valence-corrected chi connectivity index (χ4v) is 3.14. The molecule has 0 amide bonds. The molecule has 1 fully saturated rings. The van der Waals surface area contributed by atoms with Gasteiger partial charge in [-0.05, 0) is 51.6 Å². The normalized spacial score (nSPS) is 20.0. The maximum atomic E-state index is 4.57. The largest absolute Gasteiger partial charge is 0.301 e. The van der Waals surface area contributed by atoms with Gasteiger partial charge in [0.15, 0.2) is 0 Å². The summed E-state index contributed by atoms with van der Waals surface area (Å²) in [6.45, 7) is 6.94. The van der Waals surface area contributed by atoms with Crippen molar-refractivity contribution in [1.82, 2.24) is 25.1 Å². The lowest BCUT2D eigenvalue weighted by Gasteiger charge is -2.35. The van der Waals surface area contributed by atoms with Gasteiger partial charge in [-0.25, -0.2) is 0 Å². The maximum Gasteiger partial charge on any atom is 0.110 e. The van der Waals surface area contributed by atoms with Crippen molar-refractivity contribution in [2.45, 2.75) is 39.2 Å². The number of aromatic nitrogens is 4. The average Bonchev–Trinajstić information content (AvgIpc) is 3.02. The van der Waals surface area contributed by atoms with Crippen molar-refractivity contribution in [3.63, 3.8) is 0 Å². The molecule has 5 nitrogen and oxygen atoms in total. The highest BCUT2D eigenvalue weighted by atomic mass is 15.2. The summed E-state index contributed by atoms with van der Waals surface area (Å²) in [6, 6.07) is 2.58. The molecular weight excluding hydrogens is 262 g/mol. The molecule has 0 radical (unpaired) electrons. The summed E-state index contributed by atoms with van der Waals surface area (Å²) >= 11 is 0. The summed E-state index contributed by atoms with van der Waals surface area (Å²) < 4.78 is 0. The van der Waals surface area contributed by atoms with Crippen LogP contribution < -0.4 is 0 Å². The summed E-state index contributed by atoms with van der Waals surface area (Å²) in [7, 11) is 0. The molecule has 21 heavy (non-hydrogen) atoms. The van der Waals surface area contributed by atoms with Crippen molar-refractivity contribution in [3.05, 3.63) is 30.4 Å². The van der Waals surface area contributed by atoms with Crippen LogP contribution in [-0.2, 0) is 6.42 Å². The summed E-state index contributed by atoms with van der Waals surface area (Å²) in [4.78, 5) is 11.6. The van der Waals surface area contributed by atoms with E-state index in [0.717, 1.165) is 30.0 Å².